The van der Waals surface area contributed by atoms with Gasteiger partial charge < -0.3 is 4.98 Å². The molecule has 12 heavy (non-hydrogen) atoms. The van der Waals surface area contributed by atoms with Crippen molar-refractivity contribution in [2.75, 3.05) is 0 Å². The normalized spacial score (nSPS) is 16.2. The van der Waals surface area contributed by atoms with Crippen LogP contribution in [0.15, 0.2) is 24.4 Å². The second-order valence-electron chi connectivity index (χ2n) is 2.46. The summed E-state index contributed by atoms with van der Waals surface area (Å²) in [4.78, 5) is 24.6. The zero-order valence-corrected chi connectivity index (χ0v) is 6.13. The van der Waals surface area contributed by atoms with Gasteiger partial charge in [-0.1, -0.05) is 0 Å². The first kappa shape index (κ1) is 6.84. The molecule has 0 atom stereocenters. The Morgan fingerprint density at radius 1 is 1.25 bits per heavy atom. The van der Waals surface area contributed by atoms with Crippen molar-refractivity contribution in [3.8, 4) is 0 Å². The van der Waals surface area contributed by atoms with Crippen LogP contribution in [0.25, 0.3) is 5.57 Å². The molecule has 0 saturated heterocycles. The molecule has 0 spiro atoms. The Bertz CT molecular complexity index is 362. The zero-order chi connectivity index (χ0) is 8.55. The minimum absolute atomic E-state index is 0.345. The molecule has 0 bridgehead atoms. The van der Waals surface area contributed by atoms with E-state index in [0.717, 1.165) is 0 Å². The molecule has 1 aliphatic rings. The Morgan fingerprint density at radius 2 is 2.08 bits per heavy atom. The quantitative estimate of drug-likeness (QED) is 0.573. The molecule has 0 aromatic carbocycles. The van der Waals surface area contributed by atoms with Crippen molar-refractivity contribution in [2.24, 2.45) is 0 Å². The second kappa shape index (κ2) is 2.34. The first-order valence-electron chi connectivity index (χ1n) is 3.48. The standard InChI is InChI=1S/C8H6N2O2/c11-7-4-5(8(12)10-7)6-2-1-3-9-6/h1-4,9H,(H,10,11,12). The highest BCUT2D eigenvalue weighted by Gasteiger charge is 2.22. The predicted octanol–water partition coefficient (Wildman–Crippen LogP) is 0.0545. The van der Waals surface area contributed by atoms with E-state index in [0.29, 0.717) is 11.3 Å². The number of H-pyrrole nitrogens is 1. The van der Waals surface area contributed by atoms with Crippen molar-refractivity contribution in [3.63, 3.8) is 0 Å². The lowest BCUT2D eigenvalue weighted by Crippen LogP contribution is -2.21. The van der Waals surface area contributed by atoms with Gasteiger partial charge in [0.1, 0.15) is 0 Å². The fourth-order valence-corrected chi connectivity index (χ4v) is 1.11. The number of carbonyl (C=O) groups excluding carboxylic acids is 2. The molecule has 0 aliphatic carbocycles. The van der Waals surface area contributed by atoms with Crippen molar-refractivity contribution in [1.29, 1.82) is 0 Å². The molecule has 2 amide bonds. The fraction of sp³-hybridized carbons (Fsp3) is 0. The number of amides is 2. The zero-order valence-electron chi connectivity index (χ0n) is 6.13. The van der Waals surface area contributed by atoms with E-state index >= 15 is 0 Å². The topological polar surface area (TPSA) is 62.0 Å². The number of aromatic amines is 1. The summed E-state index contributed by atoms with van der Waals surface area (Å²) in [5, 5.41) is 2.16. The molecule has 4 nitrogen and oxygen atoms in total. The summed E-state index contributed by atoms with van der Waals surface area (Å²) in [5.41, 5.74) is 1.06. The third kappa shape index (κ3) is 0.934. The van der Waals surface area contributed by atoms with Gasteiger partial charge in [0.05, 0.1) is 11.3 Å². The van der Waals surface area contributed by atoms with Gasteiger partial charge in [-0.3, -0.25) is 14.9 Å². The third-order valence-electron chi connectivity index (χ3n) is 1.64. The SMILES string of the molecule is O=C1C=C(c2ccc[nH]2)C(=O)N1. The van der Waals surface area contributed by atoms with E-state index in [9.17, 15) is 9.59 Å². The van der Waals surface area contributed by atoms with Gasteiger partial charge in [0.2, 0.25) is 0 Å². The highest BCUT2D eigenvalue weighted by Crippen LogP contribution is 2.14. The van der Waals surface area contributed by atoms with E-state index < -0.39 is 0 Å². The van der Waals surface area contributed by atoms with Crippen LogP contribution in [0.2, 0.25) is 0 Å². The van der Waals surface area contributed by atoms with Crippen LogP contribution in [0.1, 0.15) is 5.69 Å². The summed E-state index contributed by atoms with van der Waals surface area (Å²) in [5.74, 6) is -0.702. The number of hydrogen-bond acceptors (Lipinski definition) is 2. The Hall–Kier alpha value is -1.84. The molecule has 0 fully saturated rings. The van der Waals surface area contributed by atoms with Gasteiger partial charge in [-0.15, -0.1) is 0 Å². The van der Waals surface area contributed by atoms with E-state index in [1.165, 1.54) is 6.08 Å². The van der Waals surface area contributed by atoms with Gasteiger partial charge in [0, 0.05) is 12.3 Å². The summed E-state index contributed by atoms with van der Waals surface area (Å²) < 4.78 is 0. The largest absolute Gasteiger partial charge is 0.361 e. The monoisotopic (exact) mass is 162 g/mol. The third-order valence-corrected chi connectivity index (χ3v) is 1.64. The molecule has 0 unspecified atom stereocenters. The fourth-order valence-electron chi connectivity index (χ4n) is 1.11. The van der Waals surface area contributed by atoms with Crippen LogP contribution in [0.5, 0.6) is 0 Å². The number of nitrogens with one attached hydrogen (secondary N) is 2. The molecular weight excluding hydrogens is 156 g/mol. The van der Waals surface area contributed by atoms with Gasteiger partial charge in [0.15, 0.2) is 0 Å². The van der Waals surface area contributed by atoms with Crippen molar-refractivity contribution >= 4 is 17.4 Å². The summed E-state index contributed by atoms with van der Waals surface area (Å²) in [6, 6.07) is 3.51. The minimum Gasteiger partial charge on any atom is -0.361 e. The molecule has 1 aromatic heterocycles. The Balaban J connectivity index is 2.43. The van der Waals surface area contributed by atoms with Crippen LogP contribution in [-0.2, 0) is 9.59 Å². The van der Waals surface area contributed by atoms with Crippen molar-refractivity contribution in [2.45, 2.75) is 0 Å². The van der Waals surface area contributed by atoms with Crippen LogP contribution < -0.4 is 5.32 Å². The molecule has 1 aliphatic heterocycles. The second-order valence-corrected chi connectivity index (χ2v) is 2.46. The molecule has 2 N–H and O–H groups in total. The molecule has 2 rings (SSSR count). The summed E-state index contributed by atoms with van der Waals surface area (Å²) in [6.07, 6.45) is 2.99. The lowest BCUT2D eigenvalue weighted by molar-refractivity contribution is -0.123. The van der Waals surface area contributed by atoms with Crippen molar-refractivity contribution in [3.05, 3.63) is 30.1 Å². The van der Waals surface area contributed by atoms with Gasteiger partial charge >= 0.3 is 0 Å². The van der Waals surface area contributed by atoms with Crippen molar-refractivity contribution < 1.29 is 9.59 Å². The Kier molecular flexibility index (Phi) is 1.33. The predicted molar refractivity (Wildman–Crippen MR) is 41.9 cm³/mol. The maximum Gasteiger partial charge on any atom is 0.260 e. The van der Waals surface area contributed by atoms with Gasteiger partial charge in [-0.05, 0) is 12.1 Å². The van der Waals surface area contributed by atoms with Gasteiger partial charge in [-0.2, -0.15) is 0 Å². The lowest BCUT2D eigenvalue weighted by atomic mass is 10.2. The molecule has 4 heteroatoms. The van der Waals surface area contributed by atoms with Crippen LogP contribution in [0.4, 0.5) is 0 Å². The Morgan fingerprint density at radius 3 is 2.58 bits per heavy atom. The highest BCUT2D eigenvalue weighted by molar-refractivity contribution is 6.33. The summed E-state index contributed by atoms with van der Waals surface area (Å²) in [6.45, 7) is 0. The molecule has 0 radical (unpaired) electrons. The van der Waals surface area contributed by atoms with Crippen LogP contribution in [-0.4, -0.2) is 16.8 Å². The molecule has 60 valence electrons. The number of rotatable bonds is 1. The van der Waals surface area contributed by atoms with E-state index in [1.54, 1.807) is 18.3 Å². The average molecular weight is 162 g/mol. The molecule has 0 saturated carbocycles. The van der Waals surface area contributed by atoms with Crippen LogP contribution in [0, 0.1) is 0 Å². The number of aromatic nitrogens is 1. The first-order valence-corrected chi connectivity index (χ1v) is 3.48. The summed E-state index contributed by atoms with van der Waals surface area (Å²) in [7, 11) is 0. The maximum absolute atomic E-state index is 11.1. The highest BCUT2D eigenvalue weighted by atomic mass is 16.2. The molecular formula is C8H6N2O2. The molecule has 2 heterocycles. The van der Waals surface area contributed by atoms with E-state index in [2.05, 4.69) is 10.3 Å². The van der Waals surface area contributed by atoms with Gasteiger partial charge in [0.25, 0.3) is 11.8 Å². The maximum atomic E-state index is 11.1. The van der Waals surface area contributed by atoms with Crippen LogP contribution in [0.3, 0.4) is 0 Å². The van der Waals surface area contributed by atoms with E-state index in [-0.39, 0.29) is 11.8 Å². The lowest BCUT2D eigenvalue weighted by Gasteiger charge is -1.93. The van der Waals surface area contributed by atoms with E-state index in [1.807, 2.05) is 0 Å². The van der Waals surface area contributed by atoms with Crippen molar-refractivity contribution in [1.82, 2.24) is 10.3 Å². The molecule has 1 aromatic rings. The minimum atomic E-state index is -0.357. The number of carbonyl (C=O) groups is 2. The summed E-state index contributed by atoms with van der Waals surface area (Å²) >= 11 is 0. The van der Waals surface area contributed by atoms with E-state index in [4.69, 9.17) is 0 Å². The van der Waals surface area contributed by atoms with Crippen LogP contribution >= 0.6 is 0 Å². The average Bonchev–Trinajstić information content (AvgIpc) is 2.58. The number of hydrogen-bond donors (Lipinski definition) is 2. The first-order chi connectivity index (χ1) is 5.77. The van der Waals surface area contributed by atoms with Gasteiger partial charge in [-0.25, -0.2) is 0 Å². The smallest absolute Gasteiger partial charge is 0.260 e. The number of imide groups is 1. The Labute approximate surface area is 68.3 Å².